The van der Waals surface area contributed by atoms with Gasteiger partial charge in [0.05, 0.1) is 23.1 Å². The lowest BCUT2D eigenvalue weighted by Crippen LogP contribution is -2.24. The van der Waals surface area contributed by atoms with Crippen molar-refractivity contribution in [2.24, 2.45) is 0 Å². The molecule has 0 fully saturated rings. The largest absolute Gasteiger partial charge is 0.486 e. The minimum atomic E-state index is -0.315. The average Bonchev–Trinajstić information content (AvgIpc) is 3.18. The van der Waals surface area contributed by atoms with E-state index < -0.39 is 0 Å². The van der Waals surface area contributed by atoms with Crippen LogP contribution in [-0.4, -0.2) is 28.9 Å². The van der Waals surface area contributed by atoms with Crippen molar-refractivity contribution in [3.63, 3.8) is 0 Å². The third-order valence-electron chi connectivity index (χ3n) is 4.73. The molecular formula is C22H22FN3O3. The normalized spacial score (nSPS) is 12.8. The minimum absolute atomic E-state index is 0.0533. The van der Waals surface area contributed by atoms with Gasteiger partial charge in [-0.1, -0.05) is 19.9 Å². The lowest BCUT2D eigenvalue weighted by atomic mass is 10.0. The molecule has 1 aromatic heterocycles. The fraction of sp³-hybridized carbons (Fsp3) is 0.273. The van der Waals surface area contributed by atoms with E-state index >= 15 is 0 Å². The molecule has 1 aliphatic rings. The number of fused-ring (bicyclic) bond motifs is 1. The second-order valence-electron chi connectivity index (χ2n) is 7.15. The van der Waals surface area contributed by atoms with Gasteiger partial charge in [-0.2, -0.15) is 5.10 Å². The lowest BCUT2D eigenvalue weighted by Gasteiger charge is -2.19. The molecule has 0 saturated carbocycles. The number of benzene rings is 2. The van der Waals surface area contributed by atoms with Gasteiger partial charge in [-0.05, 0) is 47.9 Å². The van der Waals surface area contributed by atoms with Crippen LogP contribution in [0.25, 0.3) is 5.69 Å². The molecule has 0 saturated heterocycles. The third-order valence-corrected chi connectivity index (χ3v) is 4.73. The molecule has 29 heavy (non-hydrogen) atoms. The highest BCUT2D eigenvalue weighted by molar-refractivity contribution is 5.95. The highest BCUT2D eigenvalue weighted by Crippen LogP contribution is 2.30. The van der Waals surface area contributed by atoms with E-state index in [0.717, 1.165) is 11.3 Å². The molecule has 150 valence electrons. The third kappa shape index (κ3) is 3.94. The van der Waals surface area contributed by atoms with Crippen LogP contribution in [0.2, 0.25) is 0 Å². The Morgan fingerprint density at radius 3 is 2.59 bits per heavy atom. The van der Waals surface area contributed by atoms with E-state index in [1.165, 1.54) is 12.1 Å². The quantitative estimate of drug-likeness (QED) is 0.713. The summed E-state index contributed by atoms with van der Waals surface area (Å²) in [4.78, 5) is 12.9. The predicted molar refractivity (Wildman–Crippen MR) is 106 cm³/mol. The first kappa shape index (κ1) is 19.0. The molecule has 1 aliphatic heterocycles. The SMILES string of the molecule is CC(C)c1c(C(=O)NCc2ccc3c(c2)OCCO3)cnn1-c1ccc(F)cc1. The highest BCUT2D eigenvalue weighted by Gasteiger charge is 2.21. The van der Waals surface area contributed by atoms with Crippen LogP contribution in [0.15, 0.2) is 48.7 Å². The smallest absolute Gasteiger partial charge is 0.255 e. The van der Waals surface area contributed by atoms with Gasteiger partial charge in [0.2, 0.25) is 0 Å². The number of ether oxygens (including phenoxy) is 2. The van der Waals surface area contributed by atoms with Gasteiger partial charge >= 0.3 is 0 Å². The van der Waals surface area contributed by atoms with Crippen LogP contribution in [0.4, 0.5) is 4.39 Å². The van der Waals surface area contributed by atoms with Crippen molar-refractivity contribution in [3.05, 3.63) is 71.3 Å². The molecule has 2 heterocycles. The average molecular weight is 395 g/mol. The second-order valence-corrected chi connectivity index (χ2v) is 7.15. The summed E-state index contributed by atoms with van der Waals surface area (Å²) < 4.78 is 26.0. The molecule has 0 spiro atoms. The molecule has 1 amide bonds. The molecule has 6 nitrogen and oxygen atoms in total. The van der Waals surface area contributed by atoms with Crippen molar-refractivity contribution in [1.29, 1.82) is 0 Å². The first-order chi connectivity index (χ1) is 14.0. The lowest BCUT2D eigenvalue weighted by molar-refractivity contribution is 0.0949. The fourth-order valence-electron chi connectivity index (χ4n) is 3.35. The summed E-state index contributed by atoms with van der Waals surface area (Å²) in [7, 11) is 0. The van der Waals surface area contributed by atoms with Crippen molar-refractivity contribution < 1.29 is 18.7 Å². The van der Waals surface area contributed by atoms with E-state index in [-0.39, 0.29) is 17.6 Å². The summed E-state index contributed by atoms with van der Waals surface area (Å²) in [6.07, 6.45) is 1.55. The van der Waals surface area contributed by atoms with Gasteiger partial charge in [0, 0.05) is 6.54 Å². The topological polar surface area (TPSA) is 65.4 Å². The molecule has 0 unspecified atom stereocenters. The number of amides is 1. The maximum absolute atomic E-state index is 13.3. The number of hydrogen-bond acceptors (Lipinski definition) is 4. The minimum Gasteiger partial charge on any atom is -0.486 e. The molecule has 2 aromatic carbocycles. The molecule has 3 aromatic rings. The number of nitrogens with zero attached hydrogens (tertiary/aromatic N) is 2. The van der Waals surface area contributed by atoms with Crippen LogP contribution < -0.4 is 14.8 Å². The molecule has 4 rings (SSSR count). The summed E-state index contributed by atoms with van der Waals surface area (Å²) >= 11 is 0. The zero-order chi connectivity index (χ0) is 20.4. The van der Waals surface area contributed by atoms with Crippen LogP contribution in [0.3, 0.4) is 0 Å². The van der Waals surface area contributed by atoms with Crippen LogP contribution in [0.5, 0.6) is 11.5 Å². The Hall–Kier alpha value is -3.35. The Bertz CT molecular complexity index is 1030. The van der Waals surface area contributed by atoms with Gasteiger partial charge < -0.3 is 14.8 Å². The molecule has 1 N–H and O–H groups in total. The molecular weight excluding hydrogens is 373 g/mol. The van der Waals surface area contributed by atoms with Gasteiger partial charge in [0.1, 0.15) is 19.0 Å². The zero-order valence-corrected chi connectivity index (χ0v) is 16.3. The zero-order valence-electron chi connectivity index (χ0n) is 16.3. The maximum atomic E-state index is 13.3. The van der Waals surface area contributed by atoms with Gasteiger partial charge in [0.15, 0.2) is 11.5 Å². The standard InChI is InChI=1S/C22H22FN3O3/c1-14(2)21-18(13-25-26(21)17-6-4-16(23)5-7-17)22(27)24-12-15-3-8-19-20(11-15)29-10-9-28-19/h3-8,11,13-14H,9-10,12H2,1-2H3,(H,24,27). The Labute approximate surface area is 168 Å². The summed E-state index contributed by atoms with van der Waals surface area (Å²) in [5.41, 5.74) is 2.90. The van der Waals surface area contributed by atoms with E-state index in [9.17, 15) is 9.18 Å². The maximum Gasteiger partial charge on any atom is 0.255 e. The first-order valence-corrected chi connectivity index (χ1v) is 9.53. The fourth-order valence-corrected chi connectivity index (χ4v) is 3.35. The van der Waals surface area contributed by atoms with Gasteiger partial charge in [-0.3, -0.25) is 4.79 Å². The van der Waals surface area contributed by atoms with Crippen molar-refractivity contribution in [2.75, 3.05) is 13.2 Å². The van der Waals surface area contributed by atoms with E-state index in [1.807, 2.05) is 32.0 Å². The van der Waals surface area contributed by atoms with Crippen LogP contribution in [0.1, 0.15) is 41.4 Å². The summed E-state index contributed by atoms with van der Waals surface area (Å²) in [5, 5.41) is 7.31. The van der Waals surface area contributed by atoms with Crippen molar-refractivity contribution in [2.45, 2.75) is 26.3 Å². The summed E-state index contributed by atoms with van der Waals surface area (Å²) in [5.74, 6) is 0.933. The van der Waals surface area contributed by atoms with Gasteiger partial charge in [-0.15, -0.1) is 0 Å². The number of rotatable bonds is 5. The Kier molecular flexibility index (Phi) is 5.20. The van der Waals surface area contributed by atoms with E-state index in [1.54, 1.807) is 23.0 Å². The first-order valence-electron chi connectivity index (χ1n) is 9.53. The summed E-state index contributed by atoms with van der Waals surface area (Å²) in [6.45, 7) is 5.40. The number of hydrogen-bond donors (Lipinski definition) is 1. The summed E-state index contributed by atoms with van der Waals surface area (Å²) in [6, 6.07) is 11.7. The highest BCUT2D eigenvalue weighted by atomic mass is 19.1. The number of carbonyl (C=O) groups excluding carboxylic acids is 1. The number of aromatic nitrogens is 2. The van der Waals surface area contributed by atoms with Crippen LogP contribution in [0, 0.1) is 5.82 Å². The molecule has 0 bridgehead atoms. The van der Waals surface area contributed by atoms with Crippen molar-refractivity contribution in [1.82, 2.24) is 15.1 Å². The van der Waals surface area contributed by atoms with Crippen LogP contribution in [-0.2, 0) is 6.54 Å². The molecule has 0 atom stereocenters. The van der Waals surface area contributed by atoms with Crippen molar-refractivity contribution >= 4 is 5.91 Å². The second kappa shape index (κ2) is 7.95. The van der Waals surface area contributed by atoms with Crippen LogP contribution >= 0.6 is 0 Å². The van der Waals surface area contributed by atoms with Gasteiger partial charge in [0.25, 0.3) is 5.91 Å². The van der Waals surface area contributed by atoms with E-state index in [2.05, 4.69) is 10.4 Å². The Morgan fingerprint density at radius 1 is 1.14 bits per heavy atom. The number of carbonyl (C=O) groups is 1. The van der Waals surface area contributed by atoms with E-state index in [0.29, 0.717) is 42.5 Å². The predicted octanol–water partition coefficient (Wildman–Crippen LogP) is 3.84. The Balaban J connectivity index is 1.53. The van der Waals surface area contributed by atoms with Gasteiger partial charge in [-0.25, -0.2) is 9.07 Å². The monoisotopic (exact) mass is 395 g/mol. The Morgan fingerprint density at radius 2 is 1.86 bits per heavy atom. The molecule has 0 aliphatic carbocycles. The number of nitrogens with one attached hydrogen (secondary N) is 1. The number of halogens is 1. The molecule has 0 radical (unpaired) electrons. The van der Waals surface area contributed by atoms with Crippen molar-refractivity contribution in [3.8, 4) is 17.2 Å². The van der Waals surface area contributed by atoms with E-state index in [4.69, 9.17) is 9.47 Å². The molecule has 7 heteroatoms.